The van der Waals surface area contributed by atoms with Crippen LogP contribution in [0.1, 0.15) is 0 Å². The minimum atomic E-state index is 0.477. The summed E-state index contributed by atoms with van der Waals surface area (Å²) in [5, 5.41) is 0.828. The second kappa shape index (κ2) is 108. The summed E-state index contributed by atoms with van der Waals surface area (Å²) < 4.78 is 198. The lowest BCUT2D eigenvalue weighted by atomic mass is 10.6. The van der Waals surface area contributed by atoms with E-state index in [0.29, 0.717) is 469 Å². The van der Waals surface area contributed by atoms with Crippen molar-refractivity contribution in [2.45, 2.75) is 0 Å². The first-order valence-electron chi connectivity index (χ1n) is 39.2. The molecule has 0 amide bonds. The topological polar surface area (TPSA) is 332 Å². The Morgan fingerprint density at radius 2 is 0.145 bits per heavy atom. The van der Waals surface area contributed by atoms with E-state index < -0.39 is 0 Å². The van der Waals surface area contributed by atoms with Crippen LogP contribution in [0.15, 0.2) is 0 Å². The maximum Gasteiger partial charge on any atom is 0.0701 e. The molecule has 0 rings (SSSR count). The third kappa shape index (κ3) is 107. The molecule has 37 heteroatoms. The first-order valence-corrected chi connectivity index (χ1v) is 40.3. The molecule has 0 spiro atoms. The molecule has 0 radical (unpaired) electrons. The van der Waals surface area contributed by atoms with Gasteiger partial charge in [-0.25, -0.2) is 0 Å². The molecule has 0 aromatic heterocycles. The summed E-state index contributed by atoms with van der Waals surface area (Å²) in [4.78, 5) is 0. The van der Waals surface area contributed by atoms with Crippen molar-refractivity contribution >= 4 is 15.9 Å². The van der Waals surface area contributed by atoms with Crippen LogP contribution in [0.4, 0.5) is 0 Å². The molecule has 36 nitrogen and oxygen atoms in total. The average Bonchev–Trinajstić information content (AvgIpc) is 3.58. The van der Waals surface area contributed by atoms with Gasteiger partial charge in [-0.1, -0.05) is 15.9 Å². The molecule has 0 atom stereocenters. The van der Waals surface area contributed by atoms with Gasteiger partial charge in [0.2, 0.25) is 0 Å². The minimum absolute atomic E-state index is 0.477. The molecule has 0 saturated carbocycles. The fraction of sp³-hybridized carbons (Fsp3) is 1.00. The molecule has 0 heterocycles. The largest absolute Gasteiger partial charge is 0.382 e. The second-order valence-electron chi connectivity index (χ2n) is 22.1. The lowest BCUT2D eigenvalue weighted by Crippen LogP contribution is -2.16. The number of methoxy groups -OCH3 is 1. The highest BCUT2D eigenvalue weighted by Gasteiger charge is 2.04. The normalized spacial score (nSPS) is 11.8. The molecule has 0 aromatic carbocycles. The van der Waals surface area contributed by atoms with Gasteiger partial charge in [0.25, 0.3) is 0 Å². The first-order chi connectivity index (χ1) is 54.9. The van der Waals surface area contributed by atoms with Crippen molar-refractivity contribution in [3.05, 3.63) is 0 Å². The zero-order chi connectivity index (χ0) is 78.4. The Bertz CT molecular complexity index is 1440. The molecule has 0 aliphatic rings. The van der Waals surface area contributed by atoms with Gasteiger partial charge in [0.1, 0.15) is 0 Å². The van der Waals surface area contributed by atoms with Crippen LogP contribution in [0.3, 0.4) is 0 Å². The van der Waals surface area contributed by atoms with Gasteiger partial charge in [-0.2, -0.15) is 0 Å². The summed E-state index contributed by atoms with van der Waals surface area (Å²) in [7, 11) is 1.64. The standard InChI is InChI=1S/C73H147BrO36/c1-75-4-5-77-8-9-79-12-13-81-16-17-83-20-21-85-24-25-87-28-29-89-32-33-91-36-37-93-40-41-95-44-45-97-48-49-99-52-53-101-56-57-103-60-61-105-64-65-107-68-69-109-72-73-110-71-70-108-67-66-106-63-62-104-59-58-102-55-54-100-51-50-98-47-46-96-43-42-94-39-38-92-35-34-90-31-30-88-27-26-86-23-22-84-19-18-82-15-14-80-11-10-78-7-6-76-3-2-74/h2-73H2,1H3. The van der Waals surface area contributed by atoms with E-state index in [9.17, 15) is 0 Å². The fourth-order valence-corrected chi connectivity index (χ4v) is 8.00. The number of halogens is 1. The van der Waals surface area contributed by atoms with Gasteiger partial charge >= 0.3 is 0 Å². The number of alkyl halides is 1. The van der Waals surface area contributed by atoms with E-state index in [1.54, 1.807) is 7.11 Å². The van der Waals surface area contributed by atoms with E-state index in [1.165, 1.54) is 0 Å². The van der Waals surface area contributed by atoms with Crippen molar-refractivity contribution in [1.82, 2.24) is 0 Å². The molecular formula is C73H147BrO36. The Morgan fingerprint density at radius 3 is 0.200 bits per heavy atom. The Morgan fingerprint density at radius 1 is 0.0909 bits per heavy atom. The van der Waals surface area contributed by atoms with Crippen LogP contribution in [-0.4, -0.2) is 482 Å². The number of hydrogen-bond donors (Lipinski definition) is 0. The molecule has 662 valence electrons. The molecule has 0 unspecified atom stereocenters. The molecular weight excluding hydrogens is 1530 g/mol. The Labute approximate surface area is 665 Å². The zero-order valence-corrected chi connectivity index (χ0v) is 68.6. The summed E-state index contributed by atoms with van der Waals surface area (Å²) in [6.45, 7) is 35.4. The van der Waals surface area contributed by atoms with Crippen LogP contribution in [0.2, 0.25) is 0 Å². The summed E-state index contributed by atoms with van der Waals surface area (Å²) in [6.07, 6.45) is 0. The number of hydrogen-bond acceptors (Lipinski definition) is 36. The Kier molecular flexibility index (Phi) is 107. The predicted molar refractivity (Wildman–Crippen MR) is 404 cm³/mol. The SMILES string of the molecule is COCCOCCOCCOCCOCCOCCOCCOCCOCCOCCOCCOCCOCCOCCOCCOCCOCCOCCOCCOCCOCCOCCOCCOCCOCCOCCOCCOCCOCCOCCOCCOCCOCCOCCOCCOCCBr. The van der Waals surface area contributed by atoms with E-state index in [0.717, 1.165) is 5.33 Å². The van der Waals surface area contributed by atoms with Gasteiger partial charge in [-0.05, 0) is 0 Å². The maximum atomic E-state index is 5.55. The van der Waals surface area contributed by atoms with E-state index in [2.05, 4.69) is 15.9 Å². The van der Waals surface area contributed by atoms with Gasteiger partial charge in [-0.15, -0.1) is 0 Å². The minimum Gasteiger partial charge on any atom is -0.382 e. The Balaban J connectivity index is 3.10. The molecule has 110 heavy (non-hydrogen) atoms. The second-order valence-corrected chi connectivity index (χ2v) is 22.9. The van der Waals surface area contributed by atoms with Gasteiger partial charge in [0.15, 0.2) is 0 Å². The van der Waals surface area contributed by atoms with Gasteiger partial charge < -0.3 is 171 Å². The van der Waals surface area contributed by atoms with Crippen molar-refractivity contribution in [3.63, 3.8) is 0 Å². The van der Waals surface area contributed by atoms with Gasteiger partial charge in [0, 0.05) is 12.4 Å². The van der Waals surface area contributed by atoms with Crippen LogP contribution >= 0.6 is 15.9 Å². The highest BCUT2D eigenvalue weighted by Crippen LogP contribution is 1.95. The Hall–Kier alpha value is -0.960. The first kappa shape index (κ1) is 109. The number of ether oxygens (including phenoxy) is 36. The quantitative estimate of drug-likeness (QED) is 0.0617. The average molecular weight is 1680 g/mol. The summed E-state index contributed by atoms with van der Waals surface area (Å²) in [5.41, 5.74) is 0. The lowest BCUT2D eigenvalue weighted by Gasteiger charge is -2.09. The third-order valence-electron chi connectivity index (χ3n) is 13.3. The molecule has 0 bridgehead atoms. The molecule has 0 aromatic rings. The van der Waals surface area contributed by atoms with Crippen molar-refractivity contribution < 1.29 is 171 Å². The molecule has 0 aliphatic heterocycles. The van der Waals surface area contributed by atoms with Crippen LogP contribution < -0.4 is 0 Å². The van der Waals surface area contributed by atoms with Crippen molar-refractivity contribution in [2.75, 3.05) is 482 Å². The van der Waals surface area contributed by atoms with Crippen LogP contribution in [0, 0.1) is 0 Å². The predicted octanol–water partition coefficient (Wildman–Crippen LogP) is 1.61. The summed E-state index contributed by atoms with van der Waals surface area (Å²) >= 11 is 3.31. The lowest BCUT2D eigenvalue weighted by molar-refractivity contribution is -0.0327. The van der Waals surface area contributed by atoms with E-state index in [1.807, 2.05) is 0 Å². The van der Waals surface area contributed by atoms with Gasteiger partial charge in [-0.3, -0.25) is 0 Å². The highest BCUT2D eigenvalue weighted by atomic mass is 79.9. The molecule has 0 aliphatic carbocycles. The van der Waals surface area contributed by atoms with Crippen LogP contribution in [-0.2, 0) is 171 Å². The van der Waals surface area contributed by atoms with E-state index in [4.69, 9.17) is 171 Å². The smallest absolute Gasteiger partial charge is 0.0701 e. The van der Waals surface area contributed by atoms with E-state index in [-0.39, 0.29) is 0 Å². The number of rotatable bonds is 107. The van der Waals surface area contributed by atoms with Crippen molar-refractivity contribution in [3.8, 4) is 0 Å². The van der Waals surface area contributed by atoms with Crippen molar-refractivity contribution in [1.29, 1.82) is 0 Å². The molecule has 0 fully saturated rings. The third-order valence-corrected chi connectivity index (χ3v) is 13.6. The van der Waals surface area contributed by atoms with Gasteiger partial charge in [0.05, 0.1) is 469 Å². The molecule has 0 saturated heterocycles. The maximum absolute atomic E-state index is 5.55. The van der Waals surface area contributed by atoms with Crippen LogP contribution in [0.25, 0.3) is 0 Å². The highest BCUT2D eigenvalue weighted by molar-refractivity contribution is 9.09. The monoisotopic (exact) mass is 1680 g/mol. The molecule has 0 N–H and O–H groups in total. The van der Waals surface area contributed by atoms with Crippen molar-refractivity contribution in [2.24, 2.45) is 0 Å². The fourth-order valence-electron chi connectivity index (χ4n) is 7.78. The summed E-state index contributed by atoms with van der Waals surface area (Å²) in [5.74, 6) is 0. The van der Waals surface area contributed by atoms with Crippen LogP contribution in [0.5, 0.6) is 0 Å². The summed E-state index contributed by atoms with van der Waals surface area (Å²) in [6, 6.07) is 0. The van der Waals surface area contributed by atoms with E-state index >= 15 is 0 Å². The zero-order valence-electron chi connectivity index (χ0n) is 67.0.